The summed E-state index contributed by atoms with van der Waals surface area (Å²) in [6.45, 7) is 4.22. The smallest absolute Gasteiger partial charge is 0.323 e. The van der Waals surface area contributed by atoms with E-state index in [4.69, 9.17) is 20.9 Å². The number of carbonyl (C=O) groups is 1. The highest BCUT2D eigenvalue weighted by Gasteiger charge is 2.20. The van der Waals surface area contributed by atoms with Crippen molar-refractivity contribution in [2.75, 3.05) is 18.9 Å². The number of nitrogens with two attached hydrogens (primary N) is 2. The predicted octanol–water partition coefficient (Wildman–Crippen LogP) is -0.407. The molecule has 2 aromatic rings. The zero-order valence-corrected chi connectivity index (χ0v) is 13.7. The summed E-state index contributed by atoms with van der Waals surface area (Å²) >= 11 is 0. The van der Waals surface area contributed by atoms with Crippen LogP contribution in [0.5, 0.6) is 0 Å². The van der Waals surface area contributed by atoms with Crippen molar-refractivity contribution in [2.45, 2.75) is 33.0 Å². The summed E-state index contributed by atoms with van der Waals surface area (Å²) in [4.78, 5) is 33.7. The van der Waals surface area contributed by atoms with Crippen molar-refractivity contribution in [1.29, 1.82) is 0 Å². The molecular formula is C14H22N6O4. The van der Waals surface area contributed by atoms with E-state index in [1.54, 1.807) is 0 Å². The molecule has 0 radical (unpaired) electrons. The Balaban J connectivity index is 1.81. The Kier molecular flexibility index (Phi) is 5.88. The summed E-state index contributed by atoms with van der Waals surface area (Å²) < 4.78 is 12.0. The summed E-state index contributed by atoms with van der Waals surface area (Å²) in [5, 5.41) is 0. The molecule has 2 atom stereocenters. The Bertz CT molecular complexity index is 755. The highest BCUT2D eigenvalue weighted by atomic mass is 16.6. The maximum Gasteiger partial charge on any atom is 0.323 e. The van der Waals surface area contributed by atoms with Crippen LogP contribution in [0.4, 0.5) is 5.95 Å². The molecule has 0 aliphatic rings. The average Bonchev–Trinajstić information content (AvgIpc) is 2.96. The zero-order valence-electron chi connectivity index (χ0n) is 13.7. The second-order valence-corrected chi connectivity index (χ2v) is 5.45. The minimum Gasteiger partial charge on any atom is -0.462 e. The van der Waals surface area contributed by atoms with Gasteiger partial charge in [-0.2, -0.15) is 4.98 Å². The van der Waals surface area contributed by atoms with Gasteiger partial charge < -0.3 is 20.9 Å². The Labute approximate surface area is 138 Å². The van der Waals surface area contributed by atoms with E-state index in [0.29, 0.717) is 5.65 Å². The number of ether oxygens (including phenoxy) is 2. The molecule has 10 heteroatoms. The number of nitrogen functional groups attached to an aromatic ring is 1. The second-order valence-electron chi connectivity index (χ2n) is 5.45. The molecule has 0 amide bonds. The van der Waals surface area contributed by atoms with Crippen LogP contribution in [0.15, 0.2) is 11.1 Å². The maximum absolute atomic E-state index is 11.7. The number of hydrogen-bond acceptors (Lipinski definition) is 8. The van der Waals surface area contributed by atoms with Gasteiger partial charge in [0.15, 0.2) is 11.2 Å². The monoisotopic (exact) mass is 338 g/mol. The van der Waals surface area contributed by atoms with E-state index in [1.807, 2.05) is 13.8 Å². The lowest BCUT2D eigenvalue weighted by atomic mass is 10.0. The largest absolute Gasteiger partial charge is 0.462 e. The Morgan fingerprint density at radius 2 is 2.21 bits per heavy atom. The molecule has 5 N–H and O–H groups in total. The minimum absolute atomic E-state index is 0.00205. The van der Waals surface area contributed by atoms with Crippen LogP contribution in [0.3, 0.4) is 0 Å². The van der Waals surface area contributed by atoms with Gasteiger partial charge in [-0.15, -0.1) is 0 Å². The molecule has 132 valence electrons. The molecule has 24 heavy (non-hydrogen) atoms. The Morgan fingerprint density at radius 1 is 1.46 bits per heavy atom. The number of fused-ring (bicyclic) bond motifs is 1. The van der Waals surface area contributed by atoms with E-state index >= 15 is 0 Å². The quantitative estimate of drug-likeness (QED) is 0.434. The van der Waals surface area contributed by atoms with Crippen molar-refractivity contribution in [1.82, 2.24) is 19.5 Å². The van der Waals surface area contributed by atoms with E-state index in [0.717, 1.165) is 6.42 Å². The molecule has 2 rings (SSSR count). The molecule has 0 bridgehead atoms. The van der Waals surface area contributed by atoms with Crippen LogP contribution in [-0.2, 0) is 21.0 Å². The number of nitrogens with zero attached hydrogens (tertiary/aromatic N) is 3. The number of aromatic nitrogens is 4. The van der Waals surface area contributed by atoms with Crippen LogP contribution < -0.4 is 17.0 Å². The van der Waals surface area contributed by atoms with Crippen LogP contribution >= 0.6 is 0 Å². The lowest BCUT2D eigenvalue weighted by molar-refractivity contribution is -0.148. The van der Waals surface area contributed by atoms with Gasteiger partial charge in [-0.05, 0) is 5.92 Å². The predicted molar refractivity (Wildman–Crippen MR) is 86.9 cm³/mol. The van der Waals surface area contributed by atoms with E-state index in [1.165, 1.54) is 10.9 Å². The SMILES string of the molecule is CC[C@H](C)[C@@H](N)C(=O)OCCOCn1cnc2c(=O)[nH]c(N)nc21. The third-order valence-electron chi connectivity index (χ3n) is 3.72. The summed E-state index contributed by atoms with van der Waals surface area (Å²) in [6.07, 6.45) is 2.23. The first kappa shape index (κ1) is 17.9. The summed E-state index contributed by atoms with van der Waals surface area (Å²) in [6, 6.07) is -0.633. The molecule has 0 saturated heterocycles. The van der Waals surface area contributed by atoms with Crippen molar-refractivity contribution >= 4 is 23.1 Å². The van der Waals surface area contributed by atoms with Crippen LogP contribution in [0.2, 0.25) is 0 Å². The van der Waals surface area contributed by atoms with Gasteiger partial charge in [-0.1, -0.05) is 20.3 Å². The van der Waals surface area contributed by atoms with Crippen LogP contribution in [0, 0.1) is 5.92 Å². The number of imidazole rings is 1. The topological polar surface area (TPSA) is 151 Å². The second kappa shape index (κ2) is 7.88. The van der Waals surface area contributed by atoms with Crippen LogP contribution in [-0.4, -0.2) is 44.7 Å². The molecule has 0 unspecified atom stereocenters. The molecule has 10 nitrogen and oxygen atoms in total. The molecular weight excluding hydrogens is 316 g/mol. The summed E-state index contributed by atoms with van der Waals surface area (Å²) in [5.41, 5.74) is 11.4. The number of hydrogen-bond donors (Lipinski definition) is 3. The summed E-state index contributed by atoms with van der Waals surface area (Å²) in [5.74, 6) is -0.380. The van der Waals surface area contributed by atoms with E-state index in [9.17, 15) is 9.59 Å². The van der Waals surface area contributed by atoms with Crippen molar-refractivity contribution in [3.63, 3.8) is 0 Å². The number of nitrogens with one attached hydrogen (secondary N) is 1. The van der Waals surface area contributed by atoms with Gasteiger partial charge in [0, 0.05) is 0 Å². The standard InChI is InChI=1S/C14H22N6O4/c1-3-8(2)9(15)13(22)24-5-4-23-7-20-6-17-10-11(20)18-14(16)19-12(10)21/h6,8-9H,3-5,7,15H2,1-2H3,(H3,16,18,19,21)/t8-,9+/m0/s1. The summed E-state index contributed by atoms with van der Waals surface area (Å²) in [7, 11) is 0. The highest BCUT2D eigenvalue weighted by molar-refractivity contribution is 5.75. The third-order valence-corrected chi connectivity index (χ3v) is 3.72. The fourth-order valence-corrected chi connectivity index (χ4v) is 2.01. The van der Waals surface area contributed by atoms with Crippen molar-refractivity contribution in [3.05, 3.63) is 16.7 Å². The molecule has 0 saturated carbocycles. The first-order valence-corrected chi connectivity index (χ1v) is 7.64. The molecule has 0 spiro atoms. The van der Waals surface area contributed by atoms with Gasteiger partial charge in [0.1, 0.15) is 19.4 Å². The Morgan fingerprint density at radius 3 is 2.92 bits per heavy atom. The van der Waals surface area contributed by atoms with Crippen LogP contribution in [0.1, 0.15) is 20.3 Å². The van der Waals surface area contributed by atoms with E-state index in [-0.39, 0.29) is 37.3 Å². The number of carbonyl (C=O) groups excluding carboxylic acids is 1. The first-order chi connectivity index (χ1) is 11.4. The van der Waals surface area contributed by atoms with Crippen molar-refractivity contribution in [3.8, 4) is 0 Å². The fourth-order valence-electron chi connectivity index (χ4n) is 2.01. The normalized spacial score (nSPS) is 13.8. The van der Waals surface area contributed by atoms with Gasteiger partial charge in [0.2, 0.25) is 5.95 Å². The van der Waals surface area contributed by atoms with E-state index < -0.39 is 17.6 Å². The van der Waals surface area contributed by atoms with Gasteiger partial charge in [0.05, 0.1) is 12.9 Å². The molecule has 2 heterocycles. The third kappa shape index (κ3) is 4.09. The zero-order chi connectivity index (χ0) is 17.7. The molecule has 0 aromatic carbocycles. The number of esters is 1. The van der Waals surface area contributed by atoms with Gasteiger partial charge in [-0.3, -0.25) is 19.1 Å². The molecule has 0 fully saturated rings. The average molecular weight is 338 g/mol. The lowest BCUT2D eigenvalue weighted by Crippen LogP contribution is -2.38. The molecule has 2 aromatic heterocycles. The number of rotatable bonds is 8. The number of anilines is 1. The minimum atomic E-state index is -0.633. The Hall–Kier alpha value is -2.46. The lowest BCUT2D eigenvalue weighted by Gasteiger charge is -2.16. The highest BCUT2D eigenvalue weighted by Crippen LogP contribution is 2.07. The van der Waals surface area contributed by atoms with Gasteiger partial charge in [-0.25, -0.2) is 4.98 Å². The molecule has 0 aliphatic carbocycles. The number of H-pyrrole nitrogens is 1. The van der Waals surface area contributed by atoms with Gasteiger partial charge >= 0.3 is 5.97 Å². The van der Waals surface area contributed by atoms with Crippen molar-refractivity contribution in [2.24, 2.45) is 11.7 Å². The van der Waals surface area contributed by atoms with Crippen molar-refractivity contribution < 1.29 is 14.3 Å². The maximum atomic E-state index is 11.7. The van der Waals surface area contributed by atoms with E-state index in [2.05, 4.69) is 15.0 Å². The van der Waals surface area contributed by atoms with Gasteiger partial charge in [0.25, 0.3) is 5.56 Å². The number of aromatic amines is 1. The van der Waals surface area contributed by atoms with Crippen LogP contribution in [0.25, 0.3) is 11.2 Å². The first-order valence-electron chi connectivity index (χ1n) is 7.64. The fraction of sp³-hybridized carbons (Fsp3) is 0.571. The molecule has 0 aliphatic heterocycles.